The van der Waals surface area contributed by atoms with E-state index in [1.807, 2.05) is 19.5 Å². The van der Waals surface area contributed by atoms with Crippen LogP contribution in [0.4, 0.5) is 0 Å². The molecule has 0 aromatic carbocycles. The zero-order chi connectivity index (χ0) is 15.8. The van der Waals surface area contributed by atoms with Crippen LogP contribution in [0.3, 0.4) is 0 Å². The lowest BCUT2D eigenvalue weighted by atomic mass is 10.3. The predicted molar refractivity (Wildman–Crippen MR) is 88.1 cm³/mol. The predicted octanol–water partition coefficient (Wildman–Crippen LogP) is 0.586. The fourth-order valence-electron chi connectivity index (χ4n) is 2.30. The number of amides is 1. The first-order valence-corrected chi connectivity index (χ1v) is 8.66. The third-order valence-electron chi connectivity index (χ3n) is 3.51. The molecule has 0 atom stereocenters. The minimum Gasteiger partial charge on any atom is -0.379 e. The molecular weight excluding hydrogens is 300 g/mol. The summed E-state index contributed by atoms with van der Waals surface area (Å²) in [5.74, 6) is 0.0574. The van der Waals surface area contributed by atoms with Crippen LogP contribution >= 0.6 is 11.3 Å². The number of nitrogens with zero attached hydrogens (tertiary/aromatic N) is 3. The second kappa shape index (κ2) is 9.19. The molecule has 1 aliphatic heterocycles. The van der Waals surface area contributed by atoms with Crippen molar-refractivity contribution in [3.63, 3.8) is 0 Å². The van der Waals surface area contributed by atoms with Gasteiger partial charge in [-0.05, 0) is 27.1 Å². The Kier molecular flexibility index (Phi) is 7.24. The van der Waals surface area contributed by atoms with E-state index in [2.05, 4.69) is 20.1 Å². The summed E-state index contributed by atoms with van der Waals surface area (Å²) in [6, 6.07) is 0. The number of nitrogens with one attached hydrogen (secondary N) is 1. The molecule has 0 aliphatic carbocycles. The number of carbonyl (C=O) groups excluding carboxylic acids is 1. The van der Waals surface area contributed by atoms with Crippen molar-refractivity contribution in [3.8, 4) is 0 Å². The Labute approximate surface area is 136 Å². The molecule has 1 aromatic heterocycles. The summed E-state index contributed by atoms with van der Waals surface area (Å²) >= 11 is 1.64. The van der Waals surface area contributed by atoms with Gasteiger partial charge in [-0.3, -0.25) is 9.69 Å². The number of hydrogen-bond donors (Lipinski definition) is 1. The first-order valence-electron chi connectivity index (χ1n) is 7.78. The van der Waals surface area contributed by atoms with E-state index in [9.17, 15) is 4.79 Å². The van der Waals surface area contributed by atoms with Gasteiger partial charge >= 0.3 is 0 Å². The largest absolute Gasteiger partial charge is 0.379 e. The van der Waals surface area contributed by atoms with Crippen LogP contribution < -0.4 is 5.32 Å². The smallest absolute Gasteiger partial charge is 0.226 e. The van der Waals surface area contributed by atoms with Crippen LogP contribution in [0.1, 0.15) is 17.1 Å². The van der Waals surface area contributed by atoms with Gasteiger partial charge in [-0.25, -0.2) is 4.98 Å². The van der Waals surface area contributed by atoms with Crippen LogP contribution in [0.5, 0.6) is 0 Å². The van der Waals surface area contributed by atoms with Gasteiger partial charge in [0, 0.05) is 25.0 Å². The van der Waals surface area contributed by atoms with E-state index < -0.39 is 0 Å². The highest BCUT2D eigenvalue weighted by Crippen LogP contribution is 2.13. The third-order valence-corrected chi connectivity index (χ3v) is 4.39. The lowest BCUT2D eigenvalue weighted by molar-refractivity contribution is -0.120. The molecular formula is C15H26N4O2S. The molecule has 0 spiro atoms. The Hall–Kier alpha value is -1.02. The first kappa shape index (κ1) is 17.3. The molecule has 1 aliphatic rings. The highest BCUT2D eigenvalue weighted by atomic mass is 32.1. The molecule has 0 unspecified atom stereocenters. The van der Waals surface area contributed by atoms with Gasteiger partial charge in [-0.15, -0.1) is 11.3 Å². The SMILES string of the molecule is CN(C)CCCNC(=O)Cc1csc(CN2CCOCC2)n1. The quantitative estimate of drug-likeness (QED) is 0.709. The summed E-state index contributed by atoms with van der Waals surface area (Å²) in [5, 5.41) is 6.03. The molecule has 22 heavy (non-hydrogen) atoms. The van der Waals surface area contributed by atoms with Crippen LogP contribution in [0.2, 0.25) is 0 Å². The second-order valence-corrected chi connectivity index (χ2v) is 6.75. The standard InChI is InChI=1S/C15H26N4O2S/c1-18(2)5-3-4-16-14(20)10-13-12-22-15(17-13)11-19-6-8-21-9-7-19/h12H,3-11H2,1-2H3,(H,16,20). The van der Waals surface area contributed by atoms with E-state index in [1.165, 1.54) is 0 Å². The van der Waals surface area contributed by atoms with Crippen molar-refractivity contribution < 1.29 is 9.53 Å². The number of thiazole rings is 1. The Morgan fingerprint density at radius 3 is 2.95 bits per heavy atom. The zero-order valence-corrected chi connectivity index (χ0v) is 14.3. The van der Waals surface area contributed by atoms with Crippen molar-refractivity contribution >= 4 is 17.2 Å². The normalized spacial score (nSPS) is 16.1. The molecule has 124 valence electrons. The van der Waals surface area contributed by atoms with E-state index in [-0.39, 0.29) is 5.91 Å². The number of rotatable bonds is 8. The maximum Gasteiger partial charge on any atom is 0.226 e. The minimum atomic E-state index is 0.0574. The molecule has 1 N–H and O–H groups in total. The molecule has 1 amide bonds. The van der Waals surface area contributed by atoms with Crippen LogP contribution in [0.15, 0.2) is 5.38 Å². The Morgan fingerprint density at radius 2 is 2.23 bits per heavy atom. The molecule has 2 rings (SSSR count). The van der Waals surface area contributed by atoms with Gasteiger partial charge in [0.1, 0.15) is 5.01 Å². The number of carbonyl (C=O) groups is 1. The lowest BCUT2D eigenvalue weighted by Crippen LogP contribution is -2.35. The number of hydrogen-bond acceptors (Lipinski definition) is 6. The topological polar surface area (TPSA) is 57.7 Å². The van der Waals surface area contributed by atoms with Gasteiger partial charge < -0.3 is 15.0 Å². The monoisotopic (exact) mass is 326 g/mol. The Morgan fingerprint density at radius 1 is 1.45 bits per heavy atom. The van der Waals surface area contributed by atoms with Crippen LogP contribution in [0, 0.1) is 0 Å². The average molecular weight is 326 g/mol. The summed E-state index contributed by atoms with van der Waals surface area (Å²) < 4.78 is 5.34. The van der Waals surface area contributed by atoms with Gasteiger partial charge in [0.2, 0.25) is 5.91 Å². The molecule has 1 aromatic rings. The van der Waals surface area contributed by atoms with Crippen LogP contribution in [-0.4, -0.2) is 74.2 Å². The molecule has 7 heteroatoms. The van der Waals surface area contributed by atoms with Gasteiger partial charge in [0.15, 0.2) is 0 Å². The summed E-state index contributed by atoms with van der Waals surface area (Å²) in [6.45, 7) is 6.09. The fraction of sp³-hybridized carbons (Fsp3) is 0.733. The molecule has 0 radical (unpaired) electrons. The lowest BCUT2D eigenvalue weighted by Gasteiger charge is -2.25. The summed E-state index contributed by atoms with van der Waals surface area (Å²) in [4.78, 5) is 20.9. The minimum absolute atomic E-state index is 0.0574. The Bertz CT molecular complexity index is 458. The number of ether oxygens (including phenoxy) is 1. The van der Waals surface area contributed by atoms with Gasteiger partial charge in [-0.2, -0.15) is 0 Å². The van der Waals surface area contributed by atoms with E-state index in [1.54, 1.807) is 11.3 Å². The molecule has 0 bridgehead atoms. The van der Waals surface area contributed by atoms with Crippen molar-refractivity contribution in [1.82, 2.24) is 20.1 Å². The van der Waals surface area contributed by atoms with Gasteiger partial charge in [-0.1, -0.05) is 0 Å². The number of aromatic nitrogens is 1. The number of morpholine rings is 1. The molecule has 0 saturated carbocycles. The summed E-state index contributed by atoms with van der Waals surface area (Å²) in [7, 11) is 4.07. The highest BCUT2D eigenvalue weighted by Gasteiger charge is 2.13. The van der Waals surface area contributed by atoms with Gasteiger partial charge in [0.05, 0.1) is 31.9 Å². The maximum atomic E-state index is 11.9. The molecule has 1 fully saturated rings. The van der Waals surface area contributed by atoms with Crippen molar-refractivity contribution in [2.75, 3.05) is 53.5 Å². The maximum absolute atomic E-state index is 11.9. The third kappa shape index (κ3) is 6.39. The molecule has 6 nitrogen and oxygen atoms in total. The average Bonchev–Trinajstić information content (AvgIpc) is 2.91. The summed E-state index contributed by atoms with van der Waals surface area (Å²) in [6.07, 6.45) is 1.35. The van der Waals surface area contributed by atoms with E-state index in [4.69, 9.17) is 4.74 Å². The van der Waals surface area contributed by atoms with Crippen LogP contribution in [-0.2, 0) is 22.5 Å². The zero-order valence-electron chi connectivity index (χ0n) is 13.5. The first-order chi connectivity index (χ1) is 10.6. The van der Waals surface area contributed by atoms with Crippen molar-refractivity contribution in [2.45, 2.75) is 19.4 Å². The van der Waals surface area contributed by atoms with Gasteiger partial charge in [0.25, 0.3) is 0 Å². The second-order valence-electron chi connectivity index (χ2n) is 5.80. The van der Waals surface area contributed by atoms with Crippen molar-refractivity contribution in [3.05, 3.63) is 16.1 Å². The molecule has 1 saturated heterocycles. The Balaban J connectivity index is 1.68. The van der Waals surface area contributed by atoms with Crippen molar-refractivity contribution in [1.29, 1.82) is 0 Å². The highest BCUT2D eigenvalue weighted by molar-refractivity contribution is 7.09. The van der Waals surface area contributed by atoms with Crippen LogP contribution in [0.25, 0.3) is 0 Å². The fourth-order valence-corrected chi connectivity index (χ4v) is 3.14. The van der Waals surface area contributed by atoms with E-state index >= 15 is 0 Å². The van der Waals surface area contributed by atoms with E-state index in [0.717, 1.165) is 63.1 Å². The molecule has 2 heterocycles. The van der Waals surface area contributed by atoms with Crippen molar-refractivity contribution in [2.24, 2.45) is 0 Å². The summed E-state index contributed by atoms with van der Waals surface area (Å²) in [5.41, 5.74) is 0.873. The van der Waals surface area contributed by atoms with E-state index in [0.29, 0.717) is 6.42 Å².